The van der Waals surface area contributed by atoms with E-state index in [1.54, 1.807) is 0 Å². The number of halogens is 1. The fourth-order valence-electron chi connectivity index (χ4n) is 0.707. The van der Waals surface area contributed by atoms with E-state index in [4.69, 9.17) is 10.8 Å². The van der Waals surface area contributed by atoms with Crippen LogP contribution in [0.25, 0.3) is 0 Å². The van der Waals surface area contributed by atoms with Gasteiger partial charge in [0.05, 0.1) is 10.6 Å². The van der Waals surface area contributed by atoms with Crippen molar-refractivity contribution >= 4 is 29.1 Å². The third-order valence-corrected chi connectivity index (χ3v) is 1.29. The molecule has 0 heterocycles. The predicted molar refractivity (Wildman–Crippen MR) is 50.7 cm³/mol. The molecule has 1 aromatic carbocycles. The van der Waals surface area contributed by atoms with Gasteiger partial charge in [0.2, 0.25) is 5.82 Å². The number of aromatic hydroxyl groups is 1. The second kappa shape index (κ2) is 5.47. The molecule has 0 aromatic heterocycles. The number of hydrogen-bond donors (Lipinski definition) is 2. The number of nitro benzene ring substituents is 1. The van der Waals surface area contributed by atoms with Crippen molar-refractivity contribution in [3.05, 3.63) is 28.1 Å². The summed E-state index contributed by atoms with van der Waals surface area (Å²) in [5.74, 6) is -1.61. The van der Waals surface area contributed by atoms with Gasteiger partial charge in [-0.1, -0.05) is 0 Å². The standard InChI is InChI=1S/C6H5FN2O3.CH3.Li/c7-3-1-6(10)4(8)2-5(3)9(11)12;;/h1-2,10H,8H2;1H3;. The van der Waals surface area contributed by atoms with Crippen LogP contribution in [0.5, 0.6) is 5.75 Å². The van der Waals surface area contributed by atoms with Crippen LogP contribution in [0.3, 0.4) is 0 Å². The summed E-state index contributed by atoms with van der Waals surface area (Å²) in [6.45, 7) is 0. The van der Waals surface area contributed by atoms with Crippen molar-refractivity contribution in [2.45, 2.75) is 5.60 Å². The maximum atomic E-state index is 12.6. The van der Waals surface area contributed by atoms with Crippen molar-refractivity contribution in [3.8, 4) is 5.75 Å². The van der Waals surface area contributed by atoms with Crippen molar-refractivity contribution in [1.82, 2.24) is 0 Å². The molecule has 1 rings (SSSR count). The topological polar surface area (TPSA) is 89.4 Å². The number of phenolic OH excluding ortho intramolecular Hbond substituents is 1. The molecule has 0 saturated heterocycles. The third kappa shape index (κ3) is 2.91. The van der Waals surface area contributed by atoms with Crippen molar-refractivity contribution in [3.63, 3.8) is 0 Å². The molecule has 0 aliphatic rings. The number of nitrogens with zero attached hydrogens (tertiary/aromatic N) is 1. The van der Waals surface area contributed by atoms with Gasteiger partial charge >= 0.3 is 29.0 Å². The van der Waals surface area contributed by atoms with E-state index < -0.39 is 22.2 Å². The van der Waals surface area contributed by atoms with Crippen molar-refractivity contribution in [1.29, 1.82) is 0 Å². The van der Waals surface area contributed by atoms with Crippen molar-refractivity contribution in [2.75, 3.05) is 5.73 Å². The van der Waals surface area contributed by atoms with Gasteiger partial charge in [-0.05, 0) is 0 Å². The molecule has 14 heavy (non-hydrogen) atoms. The molecule has 0 atom stereocenters. The van der Waals surface area contributed by atoms with E-state index in [9.17, 15) is 14.5 Å². The summed E-state index contributed by atoms with van der Waals surface area (Å²) in [6, 6.07) is 1.37. The number of nitrogen functional groups attached to an aromatic ring is 1. The molecule has 0 amide bonds. The normalized spacial score (nSPS) is 8.86. The molecule has 0 fully saturated rings. The van der Waals surface area contributed by atoms with Crippen LogP contribution in [0.15, 0.2) is 12.1 Å². The van der Waals surface area contributed by atoms with E-state index in [1.807, 2.05) is 23.3 Å². The maximum absolute atomic E-state index is 12.6. The van der Waals surface area contributed by atoms with Gasteiger partial charge < -0.3 is 10.8 Å². The van der Waals surface area contributed by atoms with Crippen LogP contribution in [0.2, 0.25) is 5.60 Å². The van der Waals surface area contributed by atoms with Gasteiger partial charge in [-0.3, -0.25) is 10.1 Å². The Kier molecular flexibility index (Phi) is 4.98. The Morgan fingerprint density at radius 2 is 2.07 bits per heavy atom. The van der Waals surface area contributed by atoms with Crippen molar-refractivity contribution in [2.24, 2.45) is 0 Å². The number of nitro groups is 1. The van der Waals surface area contributed by atoms with E-state index in [2.05, 4.69) is 0 Å². The minimum atomic E-state index is -1.10. The van der Waals surface area contributed by atoms with E-state index in [0.717, 1.165) is 6.07 Å². The first kappa shape index (κ1) is 12.7. The molecule has 7 heteroatoms. The zero-order valence-electron chi connectivity index (χ0n) is 7.82. The van der Waals surface area contributed by atoms with Crippen LogP contribution in [0.4, 0.5) is 15.8 Å². The van der Waals surface area contributed by atoms with Crippen molar-refractivity contribution < 1.29 is 14.4 Å². The summed E-state index contributed by atoms with van der Waals surface area (Å²) in [5, 5.41) is 18.9. The minimum absolute atomic E-state index is 0.219. The second-order valence-corrected chi connectivity index (χ2v) is 2.12. The summed E-state index contributed by atoms with van der Waals surface area (Å²) >= 11 is 2.00. The molecule has 0 spiro atoms. The van der Waals surface area contributed by atoms with Gasteiger partial charge in [0.25, 0.3) is 0 Å². The first-order chi connectivity index (χ1) is 6.52. The van der Waals surface area contributed by atoms with Gasteiger partial charge in [0.1, 0.15) is 5.75 Å². The molecule has 0 bridgehead atoms. The number of anilines is 1. The van der Waals surface area contributed by atoms with E-state index in [1.165, 1.54) is 0 Å². The second-order valence-electron chi connectivity index (χ2n) is 2.12. The number of hydrogen-bond acceptors (Lipinski definition) is 4. The molecule has 1 aromatic rings. The number of rotatable bonds is 1. The predicted octanol–water partition coefficient (Wildman–Crippen LogP) is 1.22. The Labute approximate surface area is 89.1 Å². The Morgan fingerprint density at radius 1 is 1.57 bits per heavy atom. The first-order valence-electron chi connectivity index (χ1n) is 3.94. The summed E-state index contributed by atoms with van der Waals surface area (Å²) in [7, 11) is 0. The Hall–Kier alpha value is -1.25. The van der Waals surface area contributed by atoms with Gasteiger partial charge in [0.15, 0.2) is 0 Å². The molecule has 3 N–H and O–H groups in total. The van der Waals surface area contributed by atoms with Gasteiger partial charge in [0, 0.05) is 12.1 Å². The zero-order valence-corrected chi connectivity index (χ0v) is 7.82. The summed E-state index contributed by atoms with van der Waals surface area (Å²) in [6.07, 6.45) is 0. The zero-order chi connectivity index (χ0) is 11.3. The quantitative estimate of drug-likeness (QED) is 0.231. The van der Waals surface area contributed by atoms with Gasteiger partial charge in [-0.2, -0.15) is 4.39 Å². The molecule has 72 valence electrons. The number of benzene rings is 1. The van der Waals surface area contributed by atoms with Crippen LogP contribution in [-0.4, -0.2) is 27.7 Å². The summed E-state index contributed by atoms with van der Waals surface area (Å²) in [4.78, 5) is 9.20. The van der Waals surface area contributed by atoms with E-state index in [0.29, 0.717) is 6.07 Å². The first-order valence-corrected chi connectivity index (χ1v) is 3.94. The molecular formula is C7H8FLiN2O3. The Balaban J connectivity index is 0.000000791. The molecule has 0 aliphatic heterocycles. The SMILES string of the molecule is Nc1cc([N+](=O)[O-])c(F)cc1O.[Li][CH3]. The molecular weight excluding hydrogens is 186 g/mol. The van der Waals surface area contributed by atoms with Crippen LogP contribution < -0.4 is 5.73 Å². The third-order valence-electron chi connectivity index (χ3n) is 1.29. The molecule has 0 unspecified atom stereocenters. The average molecular weight is 194 g/mol. The fourth-order valence-corrected chi connectivity index (χ4v) is 0.707. The number of phenols is 1. The Bertz CT molecular complexity index is 346. The van der Waals surface area contributed by atoms with Gasteiger partial charge in [-0.25, -0.2) is 0 Å². The summed E-state index contributed by atoms with van der Waals surface area (Å²) < 4.78 is 12.6. The monoisotopic (exact) mass is 194 g/mol. The average Bonchev–Trinajstić information content (AvgIpc) is 2.14. The van der Waals surface area contributed by atoms with Crippen LogP contribution in [-0.2, 0) is 0 Å². The van der Waals surface area contributed by atoms with Crippen LogP contribution in [0, 0.1) is 15.9 Å². The number of nitrogens with two attached hydrogens (primary N) is 1. The van der Waals surface area contributed by atoms with Gasteiger partial charge in [-0.15, -0.1) is 0 Å². The molecule has 0 radical (unpaired) electrons. The molecule has 0 saturated carbocycles. The fraction of sp³-hybridized carbons (Fsp3) is 0.143. The molecule has 0 aliphatic carbocycles. The molecule has 5 nitrogen and oxygen atoms in total. The van der Waals surface area contributed by atoms with E-state index >= 15 is 0 Å². The van der Waals surface area contributed by atoms with Crippen LogP contribution in [0.1, 0.15) is 0 Å². The van der Waals surface area contributed by atoms with E-state index in [-0.39, 0.29) is 5.69 Å². The Morgan fingerprint density at radius 3 is 2.50 bits per heavy atom. The summed E-state index contributed by atoms with van der Waals surface area (Å²) in [5.41, 5.74) is 6.14. The van der Waals surface area contributed by atoms with Crippen LogP contribution >= 0.6 is 0 Å².